The smallest absolute Gasteiger partial charge is 0.123 e. The van der Waals surface area contributed by atoms with Gasteiger partial charge in [0.1, 0.15) is 5.75 Å². The van der Waals surface area contributed by atoms with Gasteiger partial charge in [0.25, 0.3) is 0 Å². The van der Waals surface area contributed by atoms with Crippen molar-refractivity contribution < 1.29 is 4.74 Å². The second kappa shape index (κ2) is 7.23. The fraction of sp³-hybridized carbons (Fsp3) is 0.389. The molecule has 2 aromatic rings. The van der Waals surface area contributed by atoms with Gasteiger partial charge in [-0.05, 0) is 44.5 Å². The summed E-state index contributed by atoms with van der Waals surface area (Å²) in [6.07, 6.45) is 1.09. The van der Waals surface area contributed by atoms with Crippen molar-refractivity contribution >= 4 is 0 Å². The highest BCUT2D eigenvalue weighted by Crippen LogP contribution is 2.31. The van der Waals surface area contributed by atoms with Crippen LogP contribution in [0.1, 0.15) is 41.9 Å². The lowest BCUT2D eigenvalue weighted by molar-refractivity contribution is 0.403. The van der Waals surface area contributed by atoms with Gasteiger partial charge in [-0.1, -0.05) is 31.2 Å². The van der Waals surface area contributed by atoms with Crippen LogP contribution in [0.15, 0.2) is 36.4 Å². The van der Waals surface area contributed by atoms with Crippen LogP contribution >= 0.6 is 0 Å². The largest absolute Gasteiger partial charge is 0.496 e. The molecule has 0 amide bonds. The molecule has 1 unspecified atom stereocenters. The number of nitrogens with zero attached hydrogens (tertiary/aromatic N) is 1. The third kappa shape index (κ3) is 3.61. The molecule has 0 radical (unpaired) electrons. The molecular formula is C18H24N2O. The number of hydrogen-bond acceptors (Lipinski definition) is 3. The highest BCUT2D eigenvalue weighted by molar-refractivity contribution is 5.42. The molecular weight excluding hydrogens is 260 g/mol. The Morgan fingerprint density at radius 3 is 2.52 bits per heavy atom. The van der Waals surface area contributed by atoms with Gasteiger partial charge in [0, 0.05) is 17.0 Å². The molecule has 3 heteroatoms. The predicted octanol–water partition coefficient (Wildman–Crippen LogP) is 3.80. The Kier molecular flexibility index (Phi) is 5.34. The summed E-state index contributed by atoms with van der Waals surface area (Å²) in [5, 5.41) is 3.62. The van der Waals surface area contributed by atoms with E-state index >= 15 is 0 Å². The highest BCUT2D eigenvalue weighted by atomic mass is 16.5. The fourth-order valence-electron chi connectivity index (χ4n) is 2.58. The first-order chi connectivity index (χ1) is 10.2. The Labute approximate surface area is 127 Å². The van der Waals surface area contributed by atoms with E-state index in [9.17, 15) is 0 Å². The summed E-state index contributed by atoms with van der Waals surface area (Å²) >= 11 is 0. The maximum absolute atomic E-state index is 5.53. The number of pyridine rings is 1. The first kappa shape index (κ1) is 15.5. The summed E-state index contributed by atoms with van der Waals surface area (Å²) in [4.78, 5) is 4.60. The number of methoxy groups -OCH3 is 1. The van der Waals surface area contributed by atoms with Crippen LogP contribution in [0.4, 0.5) is 0 Å². The molecule has 2 rings (SSSR count). The molecule has 0 spiro atoms. The van der Waals surface area contributed by atoms with Crippen molar-refractivity contribution in [3.05, 3.63) is 58.9 Å². The minimum absolute atomic E-state index is 0.106. The second-order valence-corrected chi connectivity index (χ2v) is 5.26. The molecule has 0 fully saturated rings. The van der Waals surface area contributed by atoms with Crippen LogP contribution in [-0.4, -0.2) is 18.6 Å². The monoisotopic (exact) mass is 284 g/mol. The number of aryl methyl sites for hydroxylation is 2. The van der Waals surface area contributed by atoms with E-state index in [1.165, 1.54) is 5.56 Å². The van der Waals surface area contributed by atoms with Crippen LogP contribution in [-0.2, 0) is 0 Å². The van der Waals surface area contributed by atoms with E-state index in [0.29, 0.717) is 0 Å². The van der Waals surface area contributed by atoms with Crippen molar-refractivity contribution in [3.8, 4) is 5.75 Å². The molecule has 1 N–H and O–H groups in total. The summed E-state index contributed by atoms with van der Waals surface area (Å²) < 4.78 is 5.53. The van der Waals surface area contributed by atoms with Crippen molar-refractivity contribution in [2.75, 3.05) is 13.7 Å². The van der Waals surface area contributed by atoms with Crippen LogP contribution in [0.2, 0.25) is 0 Å². The number of para-hydroxylation sites is 1. The van der Waals surface area contributed by atoms with Crippen molar-refractivity contribution in [1.82, 2.24) is 10.3 Å². The van der Waals surface area contributed by atoms with Gasteiger partial charge in [0.05, 0.1) is 13.2 Å². The van der Waals surface area contributed by atoms with Gasteiger partial charge in [-0.15, -0.1) is 0 Å². The fourth-order valence-corrected chi connectivity index (χ4v) is 2.58. The maximum Gasteiger partial charge on any atom is 0.123 e. The molecule has 1 heterocycles. The minimum atomic E-state index is 0.106. The summed E-state index contributed by atoms with van der Waals surface area (Å²) in [5.41, 5.74) is 4.47. The number of nitrogens with one attached hydrogen (secondary N) is 1. The average molecular weight is 284 g/mol. The molecule has 1 aromatic heterocycles. The Morgan fingerprint density at radius 2 is 1.86 bits per heavy atom. The van der Waals surface area contributed by atoms with Gasteiger partial charge >= 0.3 is 0 Å². The zero-order valence-electron chi connectivity index (χ0n) is 13.3. The first-order valence-corrected chi connectivity index (χ1v) is 7.47. The quantitative estimate of drug-likeness (QED) is 0.876. The SMILES string of the molecule is CCCNC(c1ccccc1OC)c1ccc(C)nc1C. The van der Waals surface area contributed by atoms with E-state index < -0.39 is 0 Å². The van der Waals surface area contributed by atoms with E-state index in [1.807, 2.05) is 19.1 Å². The number of benzene rings is 1. The van der Waals surface area contributed by atoms with Crippen molar-refractivity contribution in [1.29, 1.82) is 0 Å². The zero-order valence-corrected chi connectivity index (χ0v) is 13.3. The Balaban J connectivity index is 2.47. The van der Waals surface area contributed by atoms with E-state index in [-0.39, 0.29) is 6.04 Å². The maximum atomic E-state index is 5.53. The number of rotatable bonds is 6. The van der Waals surface area contributed by atoms with Crippen LogP contribution in [0.3, 0.4) is 0 Å². The summed E-state index contributed by atoms with van der Waals surface area (Å²) in [6, 6.07) is 12.5. The summed E-state index contributed by atoms with van der Waals surface area (Å²) in [6.45, 7) is 7.22. The lowest BCUT2D eigenvalue weighted by Gasteiger charge is -2.23. The zero-order chi connectivity index (χ0) is 15.2. The molecule has 0 aliphatic carbocycles. The molecule has 1 aromatic carbocycles. The third-order valence-electron chi connectivity index (χ3n) is 3.63. The number of ether oxygens (including phenoxy) is 1. The van der Waals surface area contributed by atoms with Crippen molar-refractivity contribution in [2.45, 2.75) is 33.2 Å². The second-order valence-electron chi connectivity index (χ2n) is 5.26. The summed E-state index contributed by atoms with van der Waals surface area (Å²) in [5.74, 6) is 0.908. The average Bonchev–Trinajstić information content (AvgIpc) is 2.49. The normalized spacial score (nSPS) is 12.2. The first-order valence-electron chi connectivity index (χ1n) is 7.47. The van der Waals surface area contributed by atoms with Crippen LogP contribution in [0.25, 0.3) is 0 Å². The molecule has 0 bridgehead atoms. The Bertz CT molecular complexity index is 596. The predicted molar refractivity (Wildman–Crippen MR) is 86.8 cm³/mol. The van der Waals surface area contributed by atoms with Gasteiger partial charge < -0.3 is 10.1 Å². The molecule has 1 atom stereocenters. The molecule has 0 saturated carbocycles. The van der Waals surface area contributed by atoms with E-state index in [2.05, 4.69) is 48.4 Å². The number of hydrogen-bond donors (Lipinski definition) is 1. The van der Waals surface area contributed by atoms with E-state index in [4.69, 9.17) is 4.74 Å². The van der Waals surface area contributed by atoms with Gasteiger partial charge in [-0.25, -0.2) is 0 Å². The van der Waals surface area contributed by atoms with Gasteiger partial charge in [0.2, 0.25) is 0 Å². The van der Waals surface area contributed by atoms with Crippen molar-refractivity contribution in [3.63, 3.8) is 0 Å². The van der Waals surface area contributed by atoms with Crippen LogP contribution < -0.4 is 10.1 Å². The van der Waals surface area contributed by atoms with E-state index in [1.54, 1.807) is 7.11 Å². The topological polar surface area (TPSA) is 34.1 Å². The molecule has 0 saturated heterocycles. The standard InChI is InChI=1S/C18H24N2O/c1-5-12-19-18(15-11-10-13(2)20-14(15)3)16-8-6-7-9-17(16)21-4/h6-11,18-19H,5,12H2,1-4H3. The highest BCUT2D eigenvalue weighted by Gasteiger charge is 2.19. The number of aromatic nitrogens is 1. The Hall–Kier alpha value is -1.87. The molecule has 0 aliphatic heterocycles. The summed E-state index contributed by atoms with van der Waals surface area (Å²) in [7, 11) is 1.72. The molecule has 3 nitrogen and oxygen atoms in total. The van der Waals surface area contributed by atoms with Gasteiger partial charge in [-0.3, -0.25) is 4.98 Å². The molecule has 21 heavy (non-hydrogen) atoms. The third-order valence-corrected chi connectivity index (χ3v) is 3.63. The Morgan fingerprint density at radius 1 is 1.10 bits per heavy atom. The lowest BCUT2D eigenvalue weighted by atomic mass is 9.96. The van der Waals surface area contributed by atoms with Crippen LogP contribution in [0, 0.1) is 13.8 Å². The molecule has 0 aliphatic rings. The van der Waals surface area contributed by atoms with Crippen LogP contribution in [0.5, 0.6) is 5.75 Å². The van der Waals surface area contributed by atoms with Gasteiger partial charge in [-0.2, -0.15) is 0 Å². The van der Waals surface area contributed by atoms with Gasteiger partial charge in [0.15, 0.2) is 0 Å². The van der Waals surface area contributed by atoms with E-state index in [0.717, 1.165) is 35.7 Å². The molecule has 112 valence electrons. The minimum Gasteiger partial charge on any atom is -0.496 e. The lowest BCUT2D eigenvalue weighted by Crippen LogP contribution is -2.24. The van der Waals surface area contributed by atoms with Crippen molar-refractivity contribution in [2.24, 2.45) is 0 Å².